The van der Waals surface area contributed by atoms with E-state index in [1.165, 1.54) is 23.5 Å². The van der Waals surface area contributed by atoms with E-state index in [4.69, 9.17) is 4.74 Å². The van der Waals surface area contributed by atoms with Crippen molar-refractivity contribution in [3.63, 3.8) is 0 Å². The molecule has 2 fully saturated rings. The number of benzene rings is 1. The summed E-state index contributed by atoms with van der Waals surface area (Å²) in [5.74, 6) is -0.414. The molecular formula is C28H38N4O5S2. The number of thiophene rings is 1. The fraction of sp³-hybridized carbons (Fsp3) is 0.571. The number of hydrogen-bond donors (Lipinski definition) is 1. The number of hydrogen-bond acceptors (Lipinski definition) is 7. The van der Waals surface area contributed by atoms with E-state index in [2.05, 4.69) is 17.1 Å². The summed E-state index contributed by atoms with van der Waals surface area (Å²) in [6.07, 6.45) is 5.66. The van der Waals surface area contributed by atoms with Crippen LogP contribution < -0.4 is 5.32 Å². The lowest BCUT2D eigenvalue weighted by atomic mass is 10.0. The average molecular weight is 575 g/mol. The van der Waals surface area contributed by atoms with Gasteiger partial charge in [-0.25, -0.2) is 8.42 Å². The molecule has 0 aliphatic carbocycles. The molecule has 1 aromatic carbocycles. The van der Waals surface area contributed by atoms with E-state index in [9.17, 15) is 18.0 Å². The number of carbonyl (C=O) groups is 2. The molecule has 3 aliphatic rings. The Labute approximate surface area is 235 Å². The van der Waals surface area contributed by atoms with Crippen molar-refractivity contribution in [1.29, 1.82) is 0 Å². The van der Waals surface area contributed by atoms with Crippen LogP contribution in [0, 0.1) is 0 Å². The molecule has 0 spiro atoms. The van der Waals surface area contributed by atoms with Crippen LogP contribution in [0.1, 0.15) is 70.2 Å². The molecule has 0 saturated carbocycles. The zero-order chi connectivity index (χ0) is 27.4. The van der Waals surface area contributed by atoms with E-state index in [0.29, 0.717) is 55.5 Å². The third kappa shape index (κ3) is 6.22. The Hall–Kier alpha value is -2.31. The predicted molar refractivity (Wildman–Crippen MR) is 152 cm³/mol. The highest BCUT2D eigenvalue weighted by atomic mass is 32.2. The van der Waals surface area contributed by atoms with Crippen LogP contribution in [0.3, 0.4) is 0 Å². The second kappa shape index (κ2) is 12.5. The molecule has 9 nitrogen and oxygen atoms in total. The number of ether oxygens (including phenoxy) is 1. The SMILES string of the molecule is CCCN1CCc2c(sc(NC(=O)c3ccc(S(=O)(=O)N4CCCCCC4)cc3)c2C(=O)N2CCOCC2)C1. The molecule has 3 aliphatic heterocycles. The fourth-order valence-corrected chi connectivity index (χ4v) is 8.38. The van der Waals surface area contributed by atoms with Crippen molar-refractivity contribution >= 4 is 38.2 Å². The number of rotatable bonds is 7. The molecule has 0 radical (unpaired) electrons. The van der Waals surface area contributed by atoms with E-state index >= 15 is 0 Å². The van der Waals surface area contributed by atoms with E-state index in [1.54, 1.807) is 16.4 Å². The summed E-state index contributed by atoms with van der Waals surface area (Å²) in [7, 11) is -3.59. The van der Waals surface area contributed by atoms with Crippen LogP contribution in [0.2, 0.25) is 0 Å². The van der Waals surface area contributed by atoms with Crippen LogP contribution >= 0.6 is 11.3 Å². The Bertz CT molecular complexity index is 1280. The van der Waals surface area contributed by atoms with Gasteiger partial charge in [-0.05, 0) is 62.1 Å². The number of nitrogens with zero attached hydrogens (tertiary/aromatic N) is 3. The van der Waals surface area contributed by atoms with Gasteiger partial charge in [-0.15, -0.1) is 11.3 Å². The first kappa shape index (κ1) is 28.2. The number of nitrogens with one attached hydrogen (secondary N) is 1. The number of anilines is 1. The first-order valence-electron chi connectivity index (χ1n) is 14.0. The zero-order valence-electron chi connectivity index (χ0n) is 22.6. The molecule has 0 atom stereocenters. The molecular weight excluding hydrogens is 536 g/mol. The quantitative estimate of drug-likeness (QED) is 0.540. The van der Waals surface area contributed by atoms with Crippen LogP contribution in [-0.2, 0) is 27.7 Å². The minimum absolute atomic E-state index is 0.0612. The lowest BCUT2D eigenvalue weighted by Crippen LogP contribution is -2.41. The number of amides is 2. The monoisotopic (exact) mass is 574 g/mol. The first-order chi connectivity index (χ1) is 18.9. The van der Waals surface area contributed by atoms with Gasteiger partial charge in [-0.3, -0.25) is 14.5 Å². The minimum Gasteiger partial charge on any atom is -0.378 e. The third-order valence-corrected chi connectivity index (χ3v) is 10.8. The van der Waals surface area contributed by atoms with Crippen LogP contribution in [0.4, 0.5) is 5.00 Å². The molecule has 39 heavy (non-hydrogen) atoms. The van der Waals surface area contributed by atoms with Crippen LogP contribution in [-0.4, -0.2) is 86.8 Å². The first-order valence-corrected chi connectivity index (χ1v) is 16.3. The lowest BCUT2D eigenvalue weighted by molar-refractivity contribution is 0.0302. The molecule has 2 saturated heterocycles. The highest BCUT2D eigenvalue weighted by Gasteiger charge is 2.32. The van der Waals surface area contributed by atoms with Gasteiger partial charge in [0.1, 0.15) is 5.00 Å². The minimum atomic E-state index is -3.59. The van der Waals surface area contributed by atoms with E-state index in [0.717, 1.165) is 68.6 Å². The van der Waals surface area contributed by atoms with Crippen molar-refractivity contribution in [2.45, 2.75) is 56.9 Å². The van der Waals surface area contributed by atoms with Crippen LogP contribution in [0.15, 0.2) is 29.2 Å². The summed E-state index contributed by atoms with van der Waals surface area (Å²) >= 11 is 1.48. The Balaban J connectivity index is 1.37. The molecule has 1 N–H and O–H groups in total. The van der Waals surface area contributed by atoms with Crippen molar-refractivity contribution in [3.05, 3.63) is 45.8 Å². The normalized spacial score (nSPS) is 19.4. The van der Waals surface area contributed by atoms with E-state index in [1.807, 2.05) is 4.90 Å². The van der Waals surface area contributed by atoms with Crippen molar-refractivity contribution in [2.24, 2.45) is 0 Å². The van der Waals surface area contributed by atoms with Crippen molar-refractivity contribution in [3.8, 4) is 0 Å². The lowest BCUT2D eigenvalue weighted by Gasteiger charge is -2.29. The summed E-state index contributed by atoms with van der Waals surface area (Å²) in [6, 6.07) is 6.13. The van der Waals surface area contributed by atoms with Gasteiger partial charge >= 0.3 is 0 Å². The Morgan fingerprint density at radius 2 is 1.67 bits per heavy atom. The van der Waals surface area contributed by atoms with E-state index < -0.39 is 10.0 Å². The zero-order valence-corrected chi connectivity index (χ0v) is 24.2. The largest absolute Gasteiger partial charge is 0.378 e. The van der Waals surface area contributed by atoms with Gasteiger partial charge in [0.25, 0.3) is 11.8 Å². The second-order valence-electron chi connectivity index (χ2n) is 10.4. The molecule has 2 amide bonds. The maximum atomic E-state index is 13.6. The van der Waals surface area contributed by atoms with Gasteiger partial charge in [-0.2, -0.15) is 4.31 Å². The molecule has 212 valence electrons. The van der Waals surface area contributed by atoms with Gasteiger partial charge in [0.05, 0.1) is 23.7 Å². The average Bonchev–Trinajstić information content (AvgIpc) is 3.10. The number of sulfonamides is 1. The van der Waals surface area contributed by atoms with Gasteiger partial charge < -0.3 is 15.0 Å². The van der Waals surface area contributed by atoms with Gasteiger partial charge in [0.15, 0.2) is 0 Å². The number of morpholine rings is 1. The van der Waals surface area contributed by atoms with Crippen molar-refractivity contribution < 1.29 is 22.7 Å². The topological polar surface area (TPSA) is 99.3 Å². The molecule has 2 aromatic rings. The molecule has 0 bridgehead atoms. The maximum absolute atomic E-state index is 13.6. The van der Waals surface area contributed by atoms with Crippen LogP contribution in [0.5, 0.6) is 0 Å². The summed E-state index contributed by atoms with van der Waals surface area (Å²) in [5, 5.41) is 3.57. The molecule has 11 heteroatoms. The van der Waals surface area contributed by atoms with Crippen molar-refractivity contribution in [2.75, 3.05) is 57.8 Å². The summed E-state index contributed by atoms with van der Waals surface area (Å²) in [5.41, 5.74) is 1.99. The standard InChI is InChI=1S/C28H38N4O5S2/c1-2-12-30-15-11-23-24(20-30)38-27(25(23)28(34)31-16-18-37-19-17-31)29-26(33)21-7-9-22(10-8-21)39(35,36)32-13-5-3-4-6-14-32/h7-10H,2-6,11-20H2,1H3,(H,29,33). The number of fused-ring (bicyclic) bond motifs is 1. The second-order valence-corrected chi connectivity index (χ2v) is 13.5. The maximum Gasteiger partial charge on any atom is 0.257 e. The Kier molecular flexibility index (Phi) is 9.02. The smallest absolute Gasteiger partial charge is 0.257 e. The highest BCUT2D eigenvalue weighted by molar-refractivity contribution is 7.89. The molecule has 4 heterocycles. The van der Waals surface area contributed by atoms with E-state index in [-0.39, 0.29) is 16.7 Å². The van der Waals surface area contributed by atoms with Gasteiger partial charge in [0.2, 0.25) is 10.0 Å². The predicted octanol–water partition coefficient (Wildman–Crippen LogP) is 3.81. The fourth-order valence-electron chi connectivity index (χ4n) is 5.59. The third-order valence-electron chi connectivity index (χ3n) is 7.73. The molecule has 5 rings (SSSR count). The Morgan fingerprint density at radius 1 is 0.974 bits per heavy atom. The van der Waals surface area contributed by atoms with Gasteiger partial charge in [0, 0.05) is 49.7 Å². The summed E-state index contributed by atoms with van der Waals surface area (Å²) < 4.78 is 33.3. The van der Waals surface area contributed by atoms with Crippen LogP contribution in [0.25, 0.3) is 0 Å². The Morgan fingerprint density at radius 3 is 2.33 bits per heavy atom. The summed E-state index contributed by atoms with van der Waals surface area (Å²) in [4.78, 5) is 32.5. The number of carbonyl (C=O) groups excluding carboxylic acids is 2. The molecule has 0 unspecified atom stereocenters. The molecule has 1 aromatic heterocycles. The summed E-state index contributed by atoms with van der Waals surface area (Å²) in [6.45, 7) is 7.97. The highest BCUT2D eigenvalue weighted by Crippen LogP contribution is 2.38. The van der Waals surface area contributed by atoms with Crippen molar-refractivity contribution in [1.82, 2.24) is 14.1 Å². The van der Waals surface area contributed by atoms with Gasteiger partial charge in [-0.1, -0.05) is 19.8 Å².